The minimum absolute atomic E-state index is 0. The summed E-state index contributed by atoms with van der Waals surface area (Å²) in [6, 6.07) is 0. The summed E-state index contributed by atoms with van der Waals surface area (Å²) in [7, 11) is 0. The van der Waals surface area contributed by atoms with E-state index in [2.05, 4.69) is 10.3 Å². The number of nitrogens with two attached hydrogens (primary N) is 1. The molecule has 3 N–H and O–H groups in total. The Kier molecular flexibility index (Phi) is 8.93. The number of hydrogen-bond acceptors (Lipinski definition) is 5. The third kappa shape index (κ3) is 5.50. The summed E-state index contributed by atoms with van der Waals surface area (Å²) >= 11 is 1.42. The molecule has 5 nitrogen and oxygen atoms in total. The van der Waals surface area contributed by atoms with E-state index in [9.17, 15) is 4.79 Å². The standard InChI is InChI=1S/C15H25N3O2S.ClH/c1-2-20-13(11-5-3-4-6-11)7-8-17-15(19)12-10-21-14(9-16)18-12;/h10-11,13H,2-9,16H2,1H3,(H,17,19);1H. The van der Waals surface area contributed by atoms with Crippen LogP contribution in [0.2, 0.25) is 0 Å². The van der Waals surface area contributed by atoms with E-state index in [1.54, 1.807) is 5.38 Å². The van der Waals surface area contributed by atoms with Gasteiger partial charge in [0.2, 0.25) is 0 Å². The summed E-state index contributed by atoms with van der Waals surface area (Å²) in [6.07, 6.45) is 6.27. The molecule has 1 fully saturated rings. The number of amides is 1. The lowest BCUT2D eigenvalue weighted by atomic mass is 9.98. The van der Waals surface area contributed by atoms with E-state index < -0.39 is 0 Å². The second-order valence-corrected chi connectivity index (χ2v) is 6.36. The third-order valence-electron chi connectivity index (χ3n) is 3.98. The van der Waals surface area contributed by atoms with Crippen molar-refractivity contribution in [3.8, 4) is 0 Å². The fourth-order valence-corrected chi connectivity index (χ4v) is 3.58. The molecule has 1 atom stereocenters. The maximum absolute atomic E-state index is 12.0. The van der Waals surface area contributed by atoms with Crippen molar-refractivity contribution in [1.29, 1.82) is 0 Å². The summed E-state index contributed by atoms with van der Waals surface area (Å²) < 4.78 is 5.85. The Morgan fingerprint density at radius 3 is 2.86 bits per heavy atom. The van der Waals surface area contributed by atoms with Crippen LogP contribution in [-0.2, 0) is 11.3 Å². The number of carbonyl (C=O) groups is 1. The lowest BCUT2D eigenvalue weighted by molar-refractivity contribution is 0.0163. The molecular weight excluding hydrogens is 322 g/mol. The van der Waals surface area contributed by atoms with Gasteiger partial charge >= 0.3 is 0 Å². The monoisotopic (exact) mass is 347 g/mol. The van der Waals surface area contributed by atoms with E-state index in [1.807, 2.05) is 6.92 Å². The van der Waals surface area contributed by atoms with Crippen LogP contribution in [0.15, 0.2) is 5.38 Å². The van der Waals surface area contributed by atoms with Gasteiger partial charge in [0.15, 0.2) is 0 Å². The minimum atomic E-state index is -0.118. The van der Waals surface area contributed by atoms with E-state index in [1.165, 1.54) is 37.0 Å². The van der Waals surface area contributed by atoms with Crippen molar-refractivity contribution in [2.45, 2.75) is 51.7 Å². The van der Waals surface area contributed by atoms with E-state index >= 15 is 0 Å². The highest BCUT2D eigenvalue weighted by Gasteiger charge is 2.25. The lowest BCUT2D eigenvalue weighted by Crippen LogP contribution is -2.31. The molecule has 1 aliphatic rings. The molecule has 7 heteroatoms. The molecule has 2 rings (SSSR count). The van der Waals surface area contributed by atoms with Crippen LogP contribution in [0.3, 0.4) is 0 Å². The van der Waals surface area contributed by atoms with Crippen LogP contribution in [0.5, 0.6) is 0 Å². The number of carbonyl (C=O) groups excluding carboxylic acids is 1. The maximum Gasteiger partial charge on any atom is 0.270 e. The molecule has 0 aromatic carbocycles. The van der Waals surface area contributed by atoms with Gasteiger partial charge in [-0.2, -0.15) is 0 Å². The van der Waals surface area contributed by atoms with Crippen LogP contribution in [0.25, 0.3) is 0 Å². The van der Waals surface area contributed by atoms with Crippen LogP contribution in [0.1, 0.15) is 54.5 Å². The van der Waals surface area contributed by atoms with Gasteiger partial charge in [-0.1, -0.05) is 12.8 Å². The second kappa shape index (κ2) is 10.2. The zero-order chi connectivity index (χ0) is 15.1. The number of halogens is 1. The van der Waals surface area contributed by atoms with Gasteiger partial charge in [-0.3, -0.25) is 4.79 Å². The number of ether oxygens (including phenoxy) is 1. The molecule has 1 aromatic heterocycles. The Morgan fingerprint density at radius 1 is 1.55 bits per heavy atom. The lowest BCUT2D eigenvalue weighted by Gasteiger charge is -2.23. The highest BCUT2D eigenvalue weighted by Crippen LogP contribution is 2.30. The predicted molar refractivity (Wildman–Crippen MR) is 91.6 cm³/mol. The first-order chi connectivity index (χ1) is 10.2. The average Bonchev–Trinajstić information content (AvgIpc) is 3.17. The Balaban J connectivity index is 0.00000242. The van der Waals surface area contributed by atoms with Crippen molar-refractivity contribution < 1.29 is 9.53 Å². The smallest absolute Gasteiger partial charge is 0.270 e. The SMILES string of the molecule is CCOC(CCNC(=O)c1csc(CN)n1)C1CCCC1.Cl. The van der Waals surface area contributed by atoms with Crippen LogP contribution in [-0.4, -0.2) is 30.1 Å². The molecular formula is C15H26ClN3O2S. The molecule has 0 spiro atoms. The Morgan fingerprint density at radius 2 is 2.27 bits per heavy atom. The van der Waals surface area contributed by atoms with Gasteiger partial charge in [0.05, 0.1) is 6.10 Å². The van der Waals surface area contributed by atoms with Crippen LogP contribution in [0.4, 0.5) is 0 Å². The van der Waals surface area contributed by atoms with Gasteiger partial charge in [0, 0.05) is 25.1 Å². The molecule has 1 unspecified atom stereocenters. The molecule has 0 radical (unpaired) electrons. The van der Waals surface area contributed by atoms with E-state index in [0.717, 1.165) is 18.0 Å². The highest BCUT2D eigenvalue weighted by molar-refractivity contribution is 7.09. The number of hydrogen-bond donors (Lipinski definition) is 2. The highest BCUT2D eigenvalue weighted by atomic mass is 35.5. The number of rotatable bonds is 8. The number of thiazole rings is 1. The number of nitrogens with zero attached hydrogens (tertiary/aromatic N) is 1. The molecule has 22 heavy (non-hydrogen) atoms. The van der Waals surface area contributed by atoms with Gasteiger partial charge in [0.1, 0.15) is 10.7 Å². The second-order valence-electron chi connectivity index (χ2n) is 5.41. The molecule has 0 bridgehead atoms. The summed E-state index contributed by atoms with van der Waals surface area (Å²) in [6.45, 7) is 3.78. The van der Waals surface area contributed by atoms with Crippen molar-refractivity contribution in [3.05, 3.63) is 16.1 Å². The van der Waals surface area contributed by atoms with Crippen molar-refractivity contribution in [1.82, 2.24) is 10.3 Å². The van der Waals surface area contributed by atoms with Crippen molar-refractivity contribution in [2.75, 3.05) is 13.2 Å². The minimum Gasteiger partial charge on any atom is -0.378 e. The summed E-state index contributed by atoms with van der Waals surface area (Å²) in [5.41, 5.74) is 5.97. The molecule has 1 saturated carbocycles. The average molecular weight is 348 g/mol. The zero-order valence-electron chi connectivity index (χ0n) is 13.0. The summed E-state index contributed by atoms with van der Waals surface area (Å²) in [5, 5.41) is 5.48. The largest absolute Gasteiger partial charge is 0.378 e. The molecule has 126 valence electrons. The Bertz CT molecular complexity index is 450. The van der Waals surface area contributed by atoms with E-state index in [0.29, 0.717) is 24.7 Å². The number of nitrogens with one attached hydrogen (secondary N) is 1. The Hall–Kier alpha value is -0.690. The van der Waals surface area contributed by atoms with Gasteiger partial charge in [-0.05, 0) is 32.1 Å². The van der Waals surface area contributed by atoms with Gasteiger partial charge in [0.25, 0.3) is 5.91 Å². The maximum atomic E-state index is 12.0. The van der Waals surface area contributed by atoms with Crippen LogP contribution in [0, 0.1) is 5.92 Å². The van der Waals surface area contributed by atoms with Crippen molar-refractivity contribution in [3.63, 3.8) is 0 Å². The van der Waals surface area contributed by atoms with Gasteiger partial charge < -0.3 is 15.8 Å². The Labute approximate surface area is 142 Å². The van der Waals surface area contributed by atoms with Crippen molar-refractivity contribution >= 4 is 29.7 Å². The first-order valence-corrected chi connectivity index (χ1v) is 8.66. The molecule has 1 amide bonds. The van der Waals surface area contributed by atoms with E-state index in [4.69, 9.17) is 10.5 Å². The molecule has 0 aliphatic heterocycles. The molecule has 1 aliphatic carbocycles. The first kappa shape index (κ1) is 19.4. The summed E-state index contributed by atoms with van der Waals surface area (Å²) in [4.78, 5) is 16.2. The molecule has 1 aromatic rings. The van der Waals surface area contributed by atoms with Gasteiger partial charge in [-0.15, -0.1) is 23.7 Å². The van der Waals surface area contributed by atoms with Crippen LogP contribution < -0.4 is 11.1 Å². The van der Waals surface area contributed by atoms with Gasteiger partial charge in [-0.25, -0.2) is 4.98 Å². The van der Waals surface area contributed by atoms with E-state index in [-0.39, 0.29) is 24.4 Å². The topological polar surface area (TPSA) is 77.2 Å². The predicted octanol–water partition coefficient (Wildman–Crippen LogP) is 2.74. The first-order valence-electron chi connectivity index (χ1n) is 7.78. The summed E-state index contributed by atoms with van der Waals surface area (Å²) in [5.74, 6) is 0.539. The van der Waals surface area contributed by atoms with Crippen LogP contribution >= 0.6 is 23.7 Å². The quantitative estimate of drug-likeness (QED) is 0.758. The normalized spacial score (nSPS) is 16.3. The fraction of sp³-hybridized carbons (Fsp3) is 0.733. The third-order valence-corrected chi connectivity index (χ3v) is 4.85. The molecule has 1 heterocycles. The van der Waals surface area contributed by atoms with Crippen molar-refractivity contribution in [2.24, 2.45) is 11.7 Å². The fourth-order valence-electron chi connectivity index (χ4n) is 2.93. The molecule has 0 saturated heterocycles. The number of aromatic nitrogens is 1. The zero-order valence-corrected chi connectivity index (χ0v) is 14.7.